The molecule has 1 saturated heterocycles. The van der Waals surface area contributed by atoms with Crippen molar-refractivity contribution in [2.75, 3.05) is 54.6 Å². The van der Waals surface area contributed by atoms with Crippen molar-refractivity contribution in [1.29, 1.82) is 0 Å². The summed E-state index contributed by atoms with van der Waals surface area (Å²) in [5, 5.41) is 0. The minimum atomic E-state index is 0.0148. The average molecular weight is 336 g/mol. The van der Waals surface area contributed by atoms with E-state index in [1.807, 2.05) is 19.0 Å². The number of carbonyl (C=O) groups is 1. The van der Waals surface area contributed by atoms with Gasteiger partial charge in [-0.3, -0.25) is 4.79 Å². The highest BCUT2D eigenvalue weighted by Gasteiger charge is 2.27. The molecule has 1 aliphatic rings. The van der Waals surface area contributed by atoms with Gasteiger partial charge in [-0.2, -0.15) is 0 Å². The van der Waals surface area contributed by atoms with Gasteiger partial charge in [-0.05, 0) is 39.1 Å². The molecule has 1 heterocycles. The molecule has 0 saturated carbocycles. The van der Waals surface area contributed by atoms with E-state index in [-0.39, 0.29) is 11.9 Å². The number of methoxy groups -OCH3 is 2. The zero-order chi connectivity index (χ0) is 17.5. The first-order valence-corrected chi connectivity index (χ1v) is 8.31. The third-order valence-corrected chi connectivity index (χ3v) is 4.28. The molecule has 1 fully saturated rings. The minimum absolute atomic E-state index is 0.0148. The minimum Gasteiger partial charge on any atom is -0.497 e. The molecule has 0 bridgehead atoms. The Hall–Kier alpha value is -1.79. The molecular weight excluding hydrogens is 308 g/mol. The largest absolute Gasteiger partial charge is 0.497 e. The lowest BCUT2D eigenvalue weighted by Crippen LogP contribution is -2.46. The second-order valence-electron chi connectivity index (χ2n) is 6.25. The quantitative estimate of drug-likeness (QED) is 0.761. The first kappa shape index (κ1) is 18.5. The molecule has 0 spiro atoms. The fourth-order valence-electron chi connectivity index (χ4n) is 2.85. The number of hydrogen-bond donors (Lipinski definition) is 0. The molecule has 1 aromatic carbocycles. The van der Waals surface area contributed by atoms with E-state index in [0.29, 0.717) is 36.8 Å². The third kappa shape index (κ3) is 4.85. The van der Waals surface area contributed by atoms with Crippen molar-refractivity contribution in [1.82, 2.24) is 9.80 Å². The number of benzene rings is 1. The van der Waals surface area contributed by atoms with E-state index >= 15 is 0 Å². The maximum Gasteiger partial charge on any atom is 0.254 e. The summed E-state index contributed by atoms with van der Waals surface area (Å²) in [6, 6.07) is 5.53. The van der Waals surface area contributed by atoms with Crippen molar-refractivity contribution in [3.63, 3.8) is 0 Å². The summed E-state index contributed by atoms with van der Waals surface area (Å²) in [4.78, 5) is 17.2. The van der Waals surface area contributed by atoms with Gasteiger partial charge < -0.3 is 24.0 Å². The van der Waals surface area contributed by atoms with Crippen LogP contribution in [0.25, 0.3) is 0 Å². The van der Waals surface area contributed by atoms with Crippen LogP contribution in [-0.2, 0) is 4.74 Å². The molecule has 0 aromatic heterocycles. The molecule has 0 radical (unpaired) electrons. The zero-order valence-corrected chi connectivity index (χ0v) is 15.1. The Balaban J connectivity index is 2.25. The zero-order valence-electron chi connectivity index (χ0n) is 15.1. The van der Waals surface area contributed by atoms with Crippen LogP contribution in [0.3, 0.4) is 0 Å². The molecular formula is C18H28N2O4. The molecule has 0 unspecified atom stereocenters. The van der Waals surface area contributed by atoms with Crippen LogP contribution in [0.4, 0.5) is 0 Å². The SMILES string of the molecule is COc1cc(OC)cc(C(=O)N(CCN(C)C)C2CCOCC2)c1. The van der Waals surface area contributed by atoms with E-state index in [0.717, 1.165) is 19.4 Å². The van der Waals surface area contributed by atoms with Crippen LogP contribution in [0.2, 0.25) is 0 Å². The van der Waals surface area contributed by atoms with Crippen LogP contribution in [0.1, 0.15) is 23.2 Å². The fourth-order valence-corrected chi connectivity index (χ4v) is 2.85. The van der Waals surface area contributed by atoms with E-state index in [4.69, 9.17) is 14.2 Å². The summed E-state index contributed by atoms with van der Waals surface area (Å²) in [6.45, 7) is 2.93. The number of rotatable bonds is 7. The summed E-state index contributed by atoms with van der Waals surface area (Å²) in [7, 11) is 7.21. The van der Waals surface area contributed by atoms with Crippen molar-refractivity contribution in [2.24, 2.45) is 0 Å². The second kappa shape index (κ2) is 8.89. The summed E-state index contributed by atoms with van der Waals surface area (Å²) in [6.07, 6.45) is 1.75. The molecule has 1 aliphatic heterocycles. The molecule has 24 heavy (non-hydrogen) atoms. The molecule has 1 amide bonds. The van der Waals surface area contributed by atoms with Crippen molar-refractivity contribution in [3.05, 3.63) is 23.8 Å². The van der Waals surface area contributed by atoms with Gasteiger partial charge in [0.25, 0.3) is 5.91 Å². The molecule has 1 aromatic rings. The van der Waals surface area contributed by atoms with Gasteiger partial charge in [-0.25, -0.2) is 0 Å². The number of hydrogen-bond acceptors (Lipinski definition) is 5. The number of nitrogens with zero attached hydrogens (tertiary/aromatic N) is 2. The summed E-state index contributed by atoms with van der Waals surface area (Å²) < 4.78 is 16.0. The molecule has 0 atom stereocenters. The topological polar surface area (TPSA) is 51.2 Å². The maximum atomic E-state index is 13.1. The Morgan fingerprint density at radius 1 is 1.08 bits per heavy atom. The molecule has 0 aliphatic carbocycles. The monoisotopic (exact) mass is 336 g/mol. The number of carbonyl (C=O) groups excluding carboxylic acids is 1. The third-order valence-electron chi connectivity index (χ3n) is 4.28. The van der Waals surface area contributed by atoms with Gasteiger partial charge >= 0.3 is 0 Å². The highest BCUT2D eigenvalue weighted by Crippen LogP contribution is 2.25. The van der Waals surface area contributed by atoms with Gasteiger partial charge in [0.05, 0.1) is 14.2 Å². The first-order valence-electron chi connectivity index (χ1n) is 8.31. The number of ether oxygens (including phenoxy) is 3. The van der Waals surface area contributed by atoms with Crippen molar-refractivity contribution in [2.45, 2.75) is 18.9 Å². The van der Waals surface area contributed by atoms with Crippen molar-refractivity contribution >= 4 is 5.91 Å². The Bertz CT molecular complexity index is 520. The van der Waals surface area contributed by atoms with Crippen molar-refractivity contribution < 1.29 is 19.0 Å². The van der Waals surface area contributed by atoms with Gasteiger partial charge in [0.1, 0.15) is 11.5 Å². The van der Waals surface area contributed by atoms with Gasteiger partial charge in [0.15, 0.2) is 0 Å². The van der Waals surface area contributed by atoms with Gasteiger partial charge in [-0.15, -0.1) is 0 Å². The maximum absolute atomic E-state index is 13.1. The van der Waals surface area contributed by atoms with Crippen LogP contribution in [0.15, 0.2) is 18.2 Å². The summed E-state index contributed by atoms with van der Waals surface area (Å²) in [5.74, 6) is 1.26. The highest BCUT2D eigenvalue weighted by atomic mass is 16.5. The molecule has 6 heteroatoms. The predicted octanol–water partition coefficient (Wildman–Crippen LogP) is 1.89. The van der Waals surface area contributed by atoms with E-state index in [1.54, 1.807) is 32.4 Å². The fraction of sp³-hybridized carbons (Fsp3) is 0.611. The molecule has 0 N–H and O–H groups in total. The summed E-state index contributed by atoms with van der Waals surface area (Å²) in [5.41, 5.74) is 0.594. The average Bonchev–Trinajstić information content (AvgIpc) is 2.61. The van der Waals surface area contributed by atoms with Gasteiger partial charge in [-0.1, -0.05) is 0 Å². The lowest BCUT2D eigenvalue weighted by atomic mass is 10.0. The molecule has 134 valence electrons. The molecule has 2 rings (SSSR count). The van der Waals surface area contributed by atoms with E-state index in [2.05, 4.69) is 4.90 Å². The van der Waals surface area contributed by atoms with E-state index < -0.39 is 0 Å². The summed E-state index contributed by atoms with van der Waals surface area (Å²) >= 11 is 0. The predicted molar refractivity (Wildman–Crippen MR) is 93.0 cm³/mol. The van der Waals surface area contributed by atoms with Gasteiger partial charge in [0, 0.05) is 44.0 Å². The standard InChI is InChI=1S/C18H28N2O4/c1-19(2)7-8-20(15-5-9-24-10-6-15)18(21)14-11-16(22-3)13-17(12-14)23-4/h11-13,15H,5-10H2,1-4H3. The van der Waals surface area contributed by atoms with Crippen LogP contribution in [0, 0.1) is 0 Å². The van der Waals surface area contributed by atoms with Crippen LogP contribution in [0.5, 0.6) is 11.5 Å². The lowest BCUT2D eigenvalue weighted by Gasteiger charge is -2.35. The second-order valence-corrected chi connectivity index (χ2v) is 6.25. The number of likely N-dealkylation sites (N-methyl/N-ethyl adjacent to an activating group) is 1. The smallest absolute Gasteiger partial charge is 0.254 e. The van der Waals surface area contributed by atoms with Crippen LogP contribution in [-0.4, -0.2) is 76.4 Å². The van der Waals surface area contributed by atoms with E-state index in [9.17, 15) is 4.79 Å². The highest BCUT2D eigenvalue weighted by molar-refractivity contribution is 5.95. The lowest BCUT2D eigenvalue weighted by molar-refractivity contribution is 0.0275. The van der Waals surface area contributed by atoms with Crippen molar-refractivity contribution in [3.8, 4) is 11.5 Å². The molecule has 6 nitrogen and oxygen atoms in total. The van der Waals surface area contributed by atoms with Gasteiger partial charge in [0.2, 0.25) is 0 Å². The van der Waals surface area contributed by atoms with Crippen LogP contribution < -0.4 is 9.47 Å². The number of amides is 1. The Morgan fingerprint density at radius 2 is 1.67 bits per heavy atom. The van der Waals surface area contributed by atoms with E-state index in [1.165, 1.54) is 0 Å². The van der Waals surface area contributed by atoms with Crippen LogP contribution >= 0.6 is 0 Å². The Labute approximate surface area is 144 Å². The Kier molecular flexibility index (Phi) is 6.87. The first-order chi connectivity index (χ1) is 11.5. The normalized spacial score (nSPS) is 15.4. The Morgan fingerprint density at radius 3 is 2.17 bits per heavy atom.